The molecule has 0 radical (unpaired) electrons. The summed E-state index contributed by atoms with van der Waals surface area (Å²) in [5.41, 5.74) is 14.6. The Hall–Kier alpha value is -2.48. The van der Waals surface area contributed by atoms with Crippen LogP contribution in [-0.4, -0.2) is 45.9 Å². The van der Waals surface area contributed by atoms with Crippen LogP contribution in [0, 0.1) is 22.7 Å². The van der Waals surface area contributed by atoms with E-state index >= 15 is 0 Å². The van der Waals surface area contributed by atoms with E-state index in [-0.39, 0.29) is 48.0 Å². The lowest BCUT2D eigenvalue weighted by atomic mass is 9.58. The zero-order chi connectivity index (χ0) is 30.7. The second-order valence-electron chi connectivity index (χ2n) is 14.7. The lowest BCUT2D eigenvalue weighted by Gasteiger charge is -2.49. The number of fused-ring (bicyclic) bond motifs is 2. The minimum absolute atomic E-state index is 0.00653. The zero-order valence-electron chi connectivity index (χ0n) is 26.6. The molecule has 4 atom stereocenters. The molecule has 0 bridgehead atoms. The van der Waals surface area contributed by atoms with Crippen molar-refractivity contribution in [2.24, 2.45) is 28.7 Å². The summed E-state index contributed by atoms with van der Waals surface area (Å²) in [4.78, 5) is 17.0. The van der Waals surface area contributed by atoms with Crippen LogP contribution in [0.5, 0.6) is 0 Å². The molecule has 4 fully saturated rings. The van der Waals surface area contributed by atoms with E-state index in [1.54, 1.807) is 0 Å². The van der Waals surface area contributed by atoms with Crippen molar-refractivity contribution in [2.45, 2.75) is 140 Å². The predicted octanol–water partition coefficient (Wildman–Crippen LogP) is 6.13. The fourth-order valence-corrected chi connectivity index (χ4v) is 9.66. The number of nitrogens with one attached hydrogen (secondary N) is 2. The van der Waals surface area contributed by atoms with E-state index in [0.29, 0.717) is 18.3 Å². The number of aliphatic hydroxyl groups excluding tert-OH is 1. The predicted molar refractivity (Wildman–Crippen MR) is 178 cm³/mol. The maximum Gasteiger partial charge on any atom is 0.237 e. The smallest absolute Gasteiger partial charge is 0.237 e. The molecular formula is C37H55N5O2. The number of aliphatic hydroxyl groups is 1. The normalized spacial score (nSPS) is 32.4. The number of amides is 1. The van der Waals surface area contributed by atoms with Gasteiger partial charge in [0.25, 0.3) is 0 Å². The molecule has 1 saturated heterocycles. The van der Waals surface area contributed by atoms with Crippen molar-refractivity contribution < 1.29 is 9.90 Å². The highest BCUT2D eigenvalue weighted by Crippen LogP contribution is 2.58. The number of nitrogens with two attached hydrogens (primary N) is 2. The minimum Gasteiger partial charge on any atom is -0.392 e. The van der Waals surface area contributed by atoms with Crippen LogP contribution < -0.4 is 16.8 Å². The van der Waals surface area contributed by atoms with Gasteiger partial charge in [0.15, 0.2) is 0 Å². The van der Waals surface area contributed by atoms with Crippen molar-refractivity contribution >= 4 is 22.5 Å². The molecule has 44 heavy (non-hydrogen) atoms. The van der Waals surface area contributed by atoms with E-state index in [0.717, 1.165) is 62.3 Å². The number of likely N-dealkylation sites (tertiary alicyclic amines) is 1. The summed E-state index contributed by atoms with van der Waals surface area (Å²) in [5, 5.41) is 24.4. The second-order valence-corrected chi connectivity index (χ2v) is 14.7. The molecule has 0 spiro atoms. The van der Waals surface area contributed by atoms with E-state index in [2.05, 4.69) is 46.6 Å². The van der Waals surface area contributed by atoms with E-state index < -0.39 is 0 Å². The van der Waals surface area contributed by atoms with Crippen molar-refractivity contribution in [3.05, 3.63) is 47.5 Å². The first-order valence-electron chi connectivity index (χ1n) is 17.6. The molecule has 7 N–H and O–H groups in total. The Labute approximate surface area is 264 Å². The quantitative estimate of drug-likeness (QED) is 0.193. The van der Waals surface area contributed by atoms with Gasteiger partial charge < -0.3 is 21.9 Å². The van der Waals surface area contributed by atoms with Crippen LogP contribution >= 0.6 is 0 Å². The molecule has 7 nitrogen and oxygen atoms in total. The molecular weight excluding hydrogens is 546 g/mol. The van der Waals surface area contributed by atoms with E-state index in [1.165, 1.54) is 62.3 Å². The maximum atomic E-state index is 14.5. The van der Waals surface area contributed by atoms with Crippen molar-refractivity contribution in [1.82, 2.24) is 10.2 Å². The van der Waals surface area contributed by atoms with Gasteiger partial charge in [0.05, 0.1) is 18.5 Å². The summed E-state index contributed by atoms with van der Waals surface area (Å²) < 4.78 is 0. The van der Waals surface area contributed by atoms with E-state index in [1.807, 2.05) is 0 Å². The van der Waals surface area contributed by atoms with Gasteiger partial charge in [-0.2, -0.15) is 0 Å². The highest BCUT2D eigenvalue weighted by atomic mass is 16.3. The van der Waals surface area contributed by atoms with Crippen LogP contribution in [0.4, 0.5) is 0 Å². The Morgan fingerprint density at radius 2 is 1.68 bits per heavy atom. The van der Waals surface area contributed by atoms with Crippen molar-refractivity contribution in [3.63, 3.8) is 0 Å². The third-order valence-corrected chi connectivity index (χ3v) is 12.1. The average molecular weight is 602 g/mol. The maximum absolute atomic E-state index is 14.5. The first-order chi connectivity index (χ1) is 21.4. The van der Waals surface area contributed by atoms with Crippen LogP contribution in [0.3, 0.4) is 0 Å². The van der Waals surface area contributed by atoms with Crippen LogP contribution in [0.15, 0.2) is 36.4 Å². The van der Waals surface area contributed by atoms with Gasteiger partial charge in [-0.3, -0.25) is 15.1 Å². The Kier molecular flexibility index (Phi) is 9.94. The van der Waals surface area contributed by atoms with E-state index in [4.69, 9.17) is 16.9 Å². The highest BCUT2D eigenvalue weighted by Gasteiger charge is 2.59. The van der Waals surface area contributed by atoms with Gasteiger partial charge in [-0.05, 0) is 104 Å². The first-order valence-corrected chi connectivity index (χ1v) is 17.6. The number of amidine groups is 1. The Morgan fingerprint density at radius 3 is 2.39 bits per heavy atom. The summed E-state index contributed by atoms with van der Waals surface area (Å²) in [6.07, 6.45) is 17.9. The minimum atomic E-state index is -0.217. The summed E-state index contributed by atoms with van der Waals surface area (Å²) in [6, 6.07) is 13.1. The third kappa shape index (κ3) is 6.56. The van der Waals surface area contributed by atoms with Gasteiger partial charge in [-0.1, -0.05) is 68.9 Å². The molecule has 3 saturated carbocycles. The number of rotatable bonds is 7. The molecule has 4 aliphatic rings. The summed E-state index contributed by atoms with van der Waals surface area (Å²) in [7, 11) is 0. The van der Waals surface area contributed by atoms with Gasteiger partial charge in [-0.15, -0.1) is 0 Å². The van der Waals surface area contributed by atoms with Gasteiger partial charge in [0.2, 0.25) is 5.91 Å². The molecule has 3 aliphatic carbocycles. The molecule has 1 amide bonds. The molecule has 0 aromatic heterocycles. The van der Waals surface area contributed by atoms with Gasteiger partial charge in [-0.25, -0.2) is 0 Å². The molecule has 2 aromatic rings. The van der Waals surface area contributed by atoms with Crippen molar-refractivity contribution in [2.75, 3.05) is 0 Å². The Balaban J connectivity index is 1.40. The third-order valence-electron chi connectivity index (χ3n) is 12.1. The fraction of sp³-hybridized carbons (Fsp3) is 0.676. The van der Waals surface area contributed by atoms with Gasteiger partial charge >= 0.3 is 0 Å². The summed E-state index contributed by atoms with van der Waals surface area (Å²) in [6.45, 7) is 0.652. The van der Waals surface area contributed by atoms with Gasteiger partial charge in [0, 0.05) is 30.6 Å². The Bertz CT molecular complexity index is 1300. The summed E-state index contributed by atoms with van der Waals surface area (Å²) >= 11 is 0. The van der Waals surface area contributed by atoms with Crippen molar-refractivity contribution in [1.29, 1.82) is 5.41 Å². The number of nitrogens with zero attached hydrogens (tertiary/aromatic N) is 1. The summed E-state index contributed by atoms with van der Waals surface area (Å²) in [5.74, 6) is 1.12. The molecule has 1 aliphatic heterocycles. The zero-order valence-corrected chi connectivity index (χ0v) is 26.6. The standard InChI is InChI=1S/C37H55N5O2/c38-30-13-15-31(16-14-30)41-36(44)33-22-37(29-10-5-3-1-2-4-6-11-29)18-17-27(35(39)40)21-34(37)42(33)23-28-20-25(24-43)19-26-9-7-8-12-32(26)28/h7-9,12,19-20,27,29-31,33-34,43H,1-6,10-11,13-18,21-24,38H2,(H3,39,40)(H,41,44). The second kappa shape index (κ2) is 13.9. The SMILES string of the molecule is N=C(N)C1CCC2(C3CCCCCCCC3)CC(C(=O)NC3CCC(N)CC3)N(Cc3cc(CO)cc4ccccc34)C2C1. The van der Waals surface area contributed by atoms with Gasteiger partial charge in [0.1, 0.15) is 0 Å². The molecule has 4 unspecified atom stereocenters. The highest BCUT2D eigenvalue weighted by molar-refractivity contribution is 5.87. The molecule has 7 heteroatoms. The number of hydrogen-bond acceptors (Lipinski definition) is 5. The average Bonchev–Trinajstić information content (AvgIpc) is 3.43. The van der Waals surface area contributed by atoms with Crippen LogP contribution in [0.2, 0.25) is 0 Å². The topological polar surface area (TPSA) is 128 Å². The fourth-order valence-electron chi connectivity index (χ4n) is 9.66. The molecule has 2 aromatic carbocycles. The number of carbonyl (C=O) groups is 1. The number of benzene rings is 2. The van der Waals surface area contributed by atoms with Crippen LogP contribution in [0.1, 0.15) is 114 Å². The molecule has 240 valence electrons. The largest absolute Gasteiger partial charge is 0.392 e. The lowest BCUT2D eigenvalue weighted by Crippen LogP contribution is -2.52. The van der Waals surface area contributed by atoms with Crippen molar-refractivity contribution in [3.8, 4) is 0 Å². The van der Waals surface area contributed by atoms with Crippen LogP contribution in [-0.2, 0) is 17.9 Å². The number of carbonyl (C=O) groups excluding carboxylic acids is 1. The van der Waals surface area contributed by atoms with E-state index in [9.17, 15) is 9.90 Å². The first kappa shape index (κ1) is 31.5. The number of hydrogen-bond donors (Lipinski definition) is 5. The van der Waals surface area contributed by atoms with Crippen LogP contribution in [0.25, 0.3) is 10.8 Å². The lowest BCUT2D eigenvalue weighted by molar-refractivity contribution is -0.127. The molecule has 1 heterocycles. The Morgan fingerprint density at radius 1 is 0.977 bits per heavy atom. The monoisotopic (exact) mass is 601 g/mol. The molecule has 6 rings (SSSR count).